The molecule has 0 aromatic heterocycles. The molecule has 2 atom stereocenters. The van der Waals surface area contributed by atoms with E-state index in [4.69, 9.17) is 9.73 Å². The van der Waals surface area contributed by atoms with Gasteiger partial charge in [0, 0.05) is 26.2 Å². The summed E-state index contributed by atoms with van der Waals surface area (Å²) < 4.78 is 5.86. The fraction of sp³-hybridized carbons (Fsp3) is 0.667. The van der Waals surface area contributed by atoms with Gasteiger partial charge in [0.1, 0.15) is 0 Å². The van der Waals surface area contributed by atoms with Crippen LogP contribution in [0.3, 0.4) is 0 Å². The van der Waals surface area contributed by atoms with E-state index in [1.54, 1.807) is 0 Å². The Morgan fingerprint density at radius 1 is 1.18 bits per heavy atom. The van der Waals surface area contributed by atoms with Gasteiger partial charge in [0.15, 0.2) is 5.96 Å². The van der Waals surface area contributed by atoms with Gasteiger partial charge in [-0.05, 0) is 45.5 Å². The second-order valence-corrected chi connectivity index (χ2v) is 7.53. The number of halogens is 1. The number of rotatable bonds is 7. The number of likely N-dealkylation sites (tertiary alicyclic amines) is 1. The van der Waals surface area contributed by atoms with Crippen LogP contribution in [-0.4, -0.2) is 81.3 Å². The van der Waals surface area contributed by atoms with E-state index in [0.29, 0.717) is 6.04 Å². The molecule has 0 bridgehead atoms. The molecule has 7 heteroatoms. The molecule has 2 fully saturated rings. The SMILES string of the molecule is CCNC(=NCC(c1ccccc1)N1CCCC1)NCC1CN(C)CCO1.I. The van der Waals surface area contributed by atoms with Crippen LogP contribution in [-0.2, 0) is 4.74 Å². The second-order valence-electron chi connectivity index (χ2n) is 7.53. The summed E-state index contributed by atoms with van der Waals surface area (Å²) in [5.74, 6) is 0.884. The molecular formula is C21H36IN5O. The molecule has 158 valence electrons. The highest BCUT2D eigenvalue weighted by atomic mass is 127. The highest BCUT2D eigenvalue weighted by molar-refractivity contribution is 14.0. The molecule has 0 spiro atoms. The molecule has 0 saturated carbocycles. The van der Waals surface area contributed by atoms with Crippen LogP contribution in [0.15, 0.2) is 35.3 Å². The Bertz CT molecular complexity index is 579. The molecular weight excluding hydrogens is 465 g/mol. The van der Waals surface area contributed by atoms with Crippen molar-refractivity contribution < 1.29 is 4.74 Å². The largest absolute Gasteiger partial charge is 0.374 e. The first-order chi connectivity index (χ1) is 13.3. The summed E-state index contributed by atoms with van der Waals surface area (Å²) in [6.45, 7) is 9.64. The van der Waals surface area contributed by atoms with E-state index in [1.165, 1.54) is 31.5 Å². The second kappa shape index (κ2) is 12.6. The molecule has 2 unspecified atom stereocenters. The van der Waals surface area contributed by atoms with E-state index < -0.39 is 0 Å². The number of nitrogens with one attached hydrogen (secondary N) is 2. The van der Waals surface area contributed by atoms with Crippen molar-refractivity contribution in [1.29, 1.82) is 0 Å². The number of aliphatic imine (C=N–C) groups is 1. The molecule has 2 aliphatic rings. The van der Waals surface area contributed by atoms with Crippen LogP contribution >= 0.6 is 24.0 Å². The number of guanidine groups is 1. The van der Waals surface area contributed by atoms with Gasteiger partial charge in [0.2, 0.25) is 0 Å². The van der Waals surface area contributed by atoms with Gasteiger partial charge < -0.3 is 20.3 Å². The first kappa shape index (κ1) is 23.4. The molecule has 1 aromatic carbocycles. The Balaban J connectivity index is 0.00000280. The van der Waals surface area contributed by atoms with Gasteiger partial charge in [-0.15, -0.1) is 24.0 Å². The highest BCUT2D eigenvalue weighted by Crippen LogP contribution is 2.25. The number of hydrogen-bond acceptors (Lipinski definition) is 4. The third-order valence-electron chi connectivity index (χ3n) is 5.37. The molecule has 2 N–H and O–H groups in total. The summed E-state index contributed by atoms with van der Waals surface area (Å²) in [7, 11) is 2.15. The maximum atomic E-state index is 5.86. The minimum atomic E-state index is 0. The maximum Gasteiger partial charge on any atom is 0.191 e. The van der Waals surface area contributed by atoms with Gasteiger partial charge in [0.25, 0.3) is 0 Å². The summed E-state index contributed by atoms with van der Waals surface area (Å²) in [4.78, 5) is 9.81. The summed E-state index contributed by atoms with van der Waals surface area (Å²) in [5, 5.41) is 6.86. The normalized spacial score (nSPS) is 22.5. The van der Waals surface area contributed by atoms with E-state index in [9.17, 15) is 0 Å². The van der Waals surface area contributed by atoms with Crippen LogP contribution in [0.1, 0.15) is 31.4 Å². The molecule has 0 radical (unpaired) electrons. The molecule has 2 heterocycles. The lowest BCUT2D eigenvalue weighted by Crippen LogP contribution is -2.48. The summed E-state index contributed by atoms with van der Waals surface area (Å²) >= 11 is 0. The smallest absolute Gasteiger partial charge is 0.191 e. The van der Waals surface area contributed by atoms with E-state index in [0.717, 1.165) is 45.3 Å². The van der Waals surface area contributed by atoms with Crippen LogP contribution in [0, 0.1) is 0 Å². The van der Waals surface area contributed by atoms with Crippen molar-refractivity contribution in [2.75, 3.05) is 59.5 Å². The quantitative estimate of drug-likeness (QED) is 0.342. The molecule has 1 aromatic rings. The van der Waals surface area contributed by atoms with Gasteiger partial charge in [-0.1, -0.05) is 30.3 Å². The zero-order valence-electron chi connectivity index (χ0n) is 17.3. The first-order valence-corrected chi connectivity index (χ1v) is 10.4. The Hall–Kier alpha value is -0.900. The lowest BCUT2D eigenvalue weighted by atomic mass is 10.1. The molecule has 3 rings (SSSR count). The van der Waals surface area contributed by atoms with E-state index in [2.05, 4.69) is 64.7 Å². The van der Waals surface area contributed by atoms with Crippen molar-refractivity contribution in [3.63, 3.8) is 0 Å². The fourth-order valence-corrected chi connectivity index (χ4v) is 3.88. The van der Waals surface area contributed by atoms with Crippen LogP contribution in [0.2, 0.25) is 0 Å². The minimum Gasteiger partial charge on any atom is -0.374 e. The Kier molecular flexibility index (Phi) is 10.5. The highest BCUT2D eigenvalue weighted by Gasteiger charge is 2.23. The number of morpholine rings is 1. The predicted molar refractivity (Wildman–Crippen MR) is 127 cm³/mol. The summed E-state index contributed by atoms with van der Waals surface area (Å²) in [6, 6.07) is 11.1. The minimum absolute atomic E-state index is 0. The standard InChI is InChI=1S/C21H35N5O.HI/c1-3-22-21(23-15-19-17-25(2)13-14-27-19)24-16-20(26-11-7-8-12-26)18-9-5-4-6-10-18;/h4-6,9-10,19-20H,3,7-8,11-17H2,1-2H3,(H2,22,23,24);1H. The first-order valence-electron chi connectivity index (χ1n) is 10.4. The maximum absolute atomic E-state index is 5.86. The summed E-state index contributed by atoms with van der Waals surface area (Å²) in [6.07, 6.45) is 2.80. The van der Waals surface area contributed by atoms with Crippen molar-refractivity contribution >= 4 is 29.9 Å². The van der Waals surface area contributed by atoms with Crippen LogP contribution in [0.25, 0.3) is 0 Å². The third kappa shape index (κ3) is 7.17. The number of ether oxygens (including phenoxy) is 1. The lowest BCUT2D eigenvalue weighted by molar-refractivity contribution is -0.0161. The van der Waals surface area contributed by atoms with E-state index in [1.807, 2.05) is 0 Å². The number of nitrogens with zero attached hydrogens (tertiary/aromatic N) is 3. The average molecular weight is 501 g/mol. The Morgan fingerprint density at radius 2 is 1.93 bits per heavy atom. The molecule has 0 amide bonds. The molecule has 0 aliphatic carbocycles. The van der Waals surface area contributed by atoms with Gasteiger partial charge in [-0.3, -0.25) is 9.89 Å². The van der Waals surface area contributed by atoms with Crippen molar-refractivity contribution in [3.8, 4) is 0 Å². The van der Waals surface area contributed by atoms with Crippen molar-refractivity contribution in [3.05, 3.63) is 35.9 Å². The Morgan fingerprint density at radius 3 is 2.61 bits per heavy atom. The van der Waals surface area contributed by atoms with E-state index in [-0.39, 0.29) is 30.1 Å². The summed E-state index contributed by atoms with van der Waals surface area (Å²) in [5.41, 5.74) is 1.36. The zero-order chi connectivity index (χ0) is 18.9. The van der Waals surface area contributed by atoms with Crippen LogP contribution in [0.4, 0.5) is 0 Å². The lowest BCUT2D eigenvalue weighted by Gasteiger charge is -2.30. The number of benzene rings is 1. The van der Waals surface area contributed by atoms with Gasteiger partial charge in [-0.2, -0.15) is 0 Å². The van der Waals surface area contributed by atoms with Crippen molar-refractivity contribution in [2.24, 2.45) is 4.99 Å². The van der Waals surface area contributed by atoms with Crippen molar-refractivity contribution in [1.82, 2.24) is 20.4 Å². The zero-order valence-corrected chi connectivity index (χ0v) is 19.6. The monoisotopic (exact) mass is 501 g/mol. The molecule has 2 aliphatic heterocycles. The topological polar surface area (TPSA) is 52.1 Å². The van der Waals surface area contributed by atoms with Crippen LogP contribution < -0.4 is 10.6 Å². The molecule has 28 heavy (non-hydrogen) atoms. The van der Waals surface area contributed by atoms with E-state index >= 15 is 0 Å². The molecule has 6 nitrogen and oxygen atoms in total. The average Bonchev–Trinajstić information content (AvgIpc) is 3.21. The van der Waals surface area contributed by atoms with Gasteiger partial charge >= 0.3 is 0 Å². The third-order valence-corrected chi connectivity index (χ3v) is 5.37. The van der Waals surface area contributed by atoms with Crippen LogP contribution in [0.5, 0.6) is 0 Å². The fourth-order valence-electron chi connectivity index (χ4n) is 3.88. The van der Waals surface area contributed by atoms with Crippen molar-refractivity contribution in [2.45, 2.75) is 31.9 Å². The number of hydrogen-bond donors (Lipinski definition) is 2. The van der Waals surface area contributed by atoms with Gasteiger partial charge in [-0.25, -0.2) is 0 Å². The van der Waals surface area contributed by atoms with Gasteiger partial charge in [0.05, 0.1) is 25.3 Å². The molecule has 2 saturated heterocycles. The predicted octanol–water partition coefficient (Wildman–Crippen LogP) is 2.33. The number of likely N-dealkylation sites (N-methyl/N-ethyl adjacent to an activating group) is 1. The Labute approximate surface area is 187 Å².